The average Bonchev–Trinajstić information content (AvgIpc) is 2.71. The van der Waals surface area contributed by atoms with E-state index in [0.717, 1.165) is 11.7 Å². The molecule has 0 bridgehead atoms. The summed E-state index contributed by atoms with van der Waals surface area (Å²) in [4.78, 5) is 2.45. The Balaban J connectivity index is 2.33. The normalized spacial score (nSPS) is 24.7. The van der Waals surface area contributed by atoms with E-state index in [0.29, 0.717) is 5.41 Å². The van der Waals surface area contributed by atoms with Gasteiger partial charge in [-0.25, -0.2) is 0 Å². The third-order valence-electron chi connectivity index (χ3n) is 4.03. The lowest BCUT2D eigenvalue weighted by atomic mass is 9.73. The molecule has 0 unspecified atom stereocenters. The van der Waals surface area contributed by atoms with Crippen molar-refractivity contribution in [2.75, 3.05) is 27.2 Å². The van der Waals surface area contributed by atoms with Crippen molar-refractivity contribution in [3.63, 3.8) is 0 Å². The summed E-state index contributed by atoms with van der Waals surface area (Å²) in [5.74, 6) is 1.70. The molecular weight excluding hydrogens is 222 g/mol. The number of likely N-dealkylation sites (N-methyl/N-ethyl adjacent to an activating group) is 1. The standard InChI is InChI=1S/C16H25NO/c1-13(2)11-16(8-9-17(3)12-16)14-6-5-7-15(10-14)18-4/h5-7,10,13H,8-9,11-12H2,1-4H3/t16-/m0/s1. The minimum absolute atomic E-state index is 0.317. The minimum Gasteiger partial charge on any atom is -0.497 e. The topological polar surface area (TPSA) is 12.5 Å². The van der Waals surface area contributed by atoms with Gasteiger partial charge in [0.05, 0.1) is 7.11 Å². The van der Waals surface area contributed by atoms with Gasteiger partial charge in [0.15, 0.2) is 0 Å². The molecule has 2 heteroatoms. The van der Waals surface area contributed by atoms with Crippen LogP contribution in [0.1, 0.15) is 32.3 Å². The lowest BCUT2D eigenvalue weighted by Crippen LogP contribution is -2.31. The quantitative estimate of drug-likeness (QED) is 0.809. The van der Waals surface area contributed by atoms with Crippen LogP contribution < -0.4 is 4.74 Å². The first-order chi connectivity index (χ1) is 8.55. The fraction of sp³-hybridized carbons (Fsp3) is 0.625. The summed E-state index contributed by atoms with van der Waals surface area (Å²) in [7, 11) is 3.97. The van der Waals surface area contributed by atoms with Crippen molar-refractivity contribution in [1.29, 1.82) is 0 Å². The van der Waals surface area contributed by atoms with Crippen molar-refractivity contribution < 1.29 is 4.74 Å². The Labute approximate surface area is 111 Å². The number of ether oxygens (including phenoxy) is 1. The average molecular weight is 247 g/mol. The highest BCUT2D eigenvalue weighted by Crippen LogP contribution is 2.40. The Bertz CT molecular complexity index is 402. The van der Waals surface area contributed by atoms with Crippen LogP contribution in [-0.4, -0.2) is 32.1 Å². The molecule has 100 valence electrons. The molecule has 0 aromatic heterocycles. The number of nitrogens with zero attached hydrogens (tertiary/aromatic N) is 1. The van der Waals surface area contributed by atoms with E-state index in [9.17, 15) is 0 Å². The summed E-state index contributed by atoms with van der Waals surface area (Å²) < 4.78 is 5.38. The molecule has 1 aliphatic heterocycles. The molecule has 1 atom stereocenters. The Morgan fingerprint density at radius 1 is 1.39 bits per heavy atom. The summed E-state index contributed by atoms with van der Waals surface area (Å²) in [5.41, 5.74) is 1.76. The van der Waals surface area contributed by atoms with Crippen LogP contribution in [0, 0.1) is 5.92 Å². The van der Waals surface area contributed by atoms with Crippen molar-refractivity contribution in [3.05, 3.63) is 29.8 Å². The second-order valence-corrected chi connectivity index (χ2v) is 6.10. The van der Waals surface area contributed by atoms with Crippen LogP contribution >= 0.6 is 0 Å². The van der Waals surface area contributed by atoms with Crippen LogP contribution in [0.5, 0.6) is 5.75 Å². The lowest BCUT2D eigenvalue weighted by molar-refractivity contribution is 0.320. The van der Waals surface area contributed by atoms with E-state index in [2.05, 4.69) is 44.0 Å². The monoisotopic (exact) mass is 247 g/mol. The molecule has 1 saturated heterocycles. The van der Waals surface area contributed by atoms with E-state index in [-0.39, 0.29) is 0 Å². The van der Waals surface area contributed by atoms with Gasteiger partial charge < -0.3 is 9.64 Å². The highest BCUT2D eigenvalue weighted by molar-refractivity contribution is 5.35. The van der Waals surface area contributed by atoms with E-state index < -0.39 is 0 Å². The predicted molar refractivity (Wildman–Crippen MR) is 76.2 cm³/mol. The number of hydrogen-bond acceptors (Lipinski definition) is 2. The van der Waals surface area contributed by atoms with Gasteiger partial charge >= 0.3 is 0 Å². The molecule has 1 aliphatic rings. The number of benzene rings is 1. The van der Waals surface area contributed by atoms with Gasteiger partial charge in [0.25, 0.3) is 0 Å². The van der Waals surface area contributed by atoms with Gasteiger partial charge in [0.1, 0.15) is 5.75 Å². The molecule has 0 saturated carbocycles. The second kappa shape index (κ2) is 5.31. The molecule has 1 aromatic carbocycles. The summed E-state index contributed by atoms with van der Waals surface area (Å²) in [6.07, 6.45) is 2.51. The Kier molecular flexibility index (Phi) is 3.96. The Morgan fingerprint density at radius 3 is 2.72 bits per heavy atom. The van der Waals surface area contributed by atoms with E-state index in [1.165, 1.54) is 31.5 Å². The van der Waals surface area contributed by atoms with Crippen LogP contribution in [0.3, 0.4) is 0 Å². The van der Waals surface area contributed by atoms with Crippen LogP contribution in [0.4, 0.5) is 0 Å². The summed E-state index contributed by atoms with van der Waals surface area (Å²) in [5, 5.41) is 0. The van der Waals surface area contributed by atoms with Crippen molar-refractivity contribution in [1.82, 2.24) is 4.90 Å². The van der Waals surface area contributed by atoms with E-state index in [1.54, 1.807) is 7.11 Å². The SMILES string of the molecule is COc1cccc([C@]2(CC(C)C)CCN(C)C2)c1. The molecule has 0 amide bonds. The largest absolute Gasteiger partial charge is 0.497 e. The number of methoxy groups -OCH3 is 1. The molecule has 1 aromatic rings. The fourth-order valence-corrected chi connectivity index (χ4v) is 3.33. The number of likely N-dealkylation sites (tertiary alicyclic amines) is 1. The van der Waals surface area contributed by atoms with Crippen molar-refractivity contribution in [2.24, 2.45) is 5.92 Å². The first-order valence-corrected chi connectivity index (χ1v) is 6.89. The molecule has 0 radical (unpaired) electrons. The number of rotatable bonds is 4. The summed E-state index contributed by atoms with van der Waals surface area (Å²) in [6.45, 7) is 7.00. The maximum Gasteiger partial charge on any atom is 0.119 e. The van der Waals surface area contributed by atoms with Gasteiger partial charge in [-0.1, -0.05) is 26.0 Å². The van der Waals surface area contributed by atoms with E-state index in [1.807, 2.05) is 6.07 Å². The van der Waals surface area contributed by atoms with Gasteiger partial charge in [-0.3, -0.25) is 0 Å². The zero-order valence-electron chi connectivity index (χ0n) is 12.1. The smallest absolute Gasteiger partial charge is 0.119 e. The van der Waals surface area contributed by atoms with Crippen molar-refractivity contribution in [2.45, 2.75) is 32.1 Å². The zero-order valence-corrected chi connectivity index (χ0v) is 12.1. The molecular formula is C16H25NO. The third-order valence-corrected chi connectivity index (χ3v) is 4.03. The van der Waals surface area contributed by atoms with Crippen LogP contribution in [0.15, 0.2) is 24.3 Å². The predicted octanol–water partition coefficient (Wildman–Crippen LogP) is 3.31. The molecule has 2 rings (SSSR count). The fourth-order valence-electron chi connectivity index (χ4n) is 3.33. The Morgan fingerprint density at radius 2 is 2.17 bits per heavy atom. The lowest BCUT2D eigenvalue weighted by Gasteiger charge is -2.32. The van der Waals surface area contributed by atoms with Gasteiger partial charge in [-0.05, 0) is 50.0 Å². The van der Waals surface area contributed by atoms with Gasteiger partial charge in [-0.15, -0.1) is 0 Å². The maximum absolute atomic E-state index is 5.38. The molecule has 2 nitrogen and oxygen atoms in total. The molecule has 0 spiro atoms. The molecule has 0 N–H and O–H groups in total. The van der Waals surface area contributed by atoms with Crippen molar-refractivity contribution in [3.8, 4) is 5.75 Å². The van der Waals surface area contributed by atoms with Crippen LogP contribution in [0.2, 0.25) is 0 Å². The van der Waals surface area contributed by atoms with E-state index >= 15 is 0 Å². The van der Waals surface area contributed by atoms with Crippen molar-refractivity contribution >= 4 is 0 Å². The van der Waals surface area contributed by atoms with Gasteiger partial charge in [0, 0.05) is 12.0 Å². The first-order valence-electron chi connectivity index (χ1n) is 6.89. The highest BCUT2D eigenvalue weighted by atomic mass is 16.5. The Hall–Kier alpha value is -1.02. The van der Waals surface area contributed by atoms with Gasteiger partial charge in [0.2, 0.25) is 0 Å². The molecule has 1 heterocycles. The number of hydrogen-bond donors (Lipinski definition) is 0. The summed E-state index contributed by atoms with van der Waals surface area (Å²) in [6, 6.07) is 8.64. The third kappa shape index (κ3) is 2.69. The van der Waals surface area contributed by atoms with Crippen LogP contribution in [-0.2, 0) is 5.41 Å². The highest BCUT2D eigenvalue weighted by Gasteiger charge is 2.38. The zero-order chi connectivity index (χ0) is 13.2. The molecule has 1 fully saturated rings. The molecule has 0 aliphatic carbocycles. The summed E-state index contributed by atoms with van der Waals surface area (Å²) >= 11 is 0. The minimum atomic E-state index is 0.317. The molecule has 18 heavy (non-hydrogen) atoms. The second-order valence-electron chi connectivity index (χ2n) is 6.10. The van der Waals surface area contributed by atoms with E-state index in [4.69, 9.17) is 4.74 Å². The van der Waals surface area contributed by atoms with Crippen LogP contribution in [0.25, 0.3) is 0 Å². The van der Waals surface area contributed by atoms with Gasteiger partial charge in [-0.2, -0.15) is 0 Å². The first kappa shape index (κ1) is 13.4. The maximum atomic E-state index is 5.38.